The van der Waals surface area contributed by atoms with E-state index in [1.807, 2.05) is 30.0 Å². The summed E-state index contributed by atoms with van der Waals surface area (Å²) in [5.74, 6) is 0.108. The molecule has 1 heterocycles. The van der Waals surface area contributed by atoms with Crippen LogP contribution < -0.4 is 5.32 Å². The van der Waals surface area contributed by atoms with Crippen molar-refractivity contribution in [1.82, 2.24) is 4.90 Å². The summed E-state index contributed by atoms with van der Waals surface area (Å²) in [6.07, 6.45) is 0.917. The minimum Gasteiger partial charge on any atom is -0.385 e. The van der Waals surface area contributed by atoms with E-state index in [1.54, 1.807) is 0 Å². The molecule has 1 aromatic rings. The molecule has 0 aliphatic carbocycles. The number of hydrogen-bond acceptors (Lipinski definition) is 3. The molecule has 1 aromatic carbocycles. The molecule has 4 nitrogen and oxygen atoms in total. The van der Waals surface area contributed by atoms with Crippen LogP contribution >= 0.6 is 0 Å². The van der Waals surface area contributed by atoms with Gasteiger partial charge in [-0.1, -0.05) is 0 Å². The highest BCUT2D eigenvalue weighted by Crippen LogP contribution is 2.18. The van der Waals surface area contributed by atoms with E-state index in [0.717, 1.165) is 42.9 Å². The number of ether oxygens (including phenoxy) is 1. The van der Waals surface area contributed by atoms with Crippen molar-refractivity contribution < 1.29 is 9.53 Å². The first-order valence-corrected chi connectivity index (χ1v) is 6.94. The van der Waals surface area contributed by atoms with Gasteiger partial charge in [0, 0.05) is 37.5 Å². The Kier molecular flexibility index (Phi) is 4.80. The molecule has 4 heteroatoms. The quantitative estimate of drug-likeness (QED) is 0.908. The molecule has 0 unspecified atom stereocenters. The smallest absolute Gasteiger partial charge is 0.253 e. The fourth-order valence-electron chi connectivity index (χ4n) is 2.32. The number of amides is 1. The maximum Gasteiger partial charge on any atom is 0.253 e. The Morgan fingerprint density at radius 2 is 2.21 bits per heavy atom. The van der Waals surface area contributed by atoms with Crippen molar-refractivity contribution in [2.24, 2.45) is 0 Å². The lowest BCUT2D eigenvalue weighted by Gasteiger charge is -2.20. The van der Waals surface area contributed by atoms with Gasteiger partial charge < -0.3 is 15.0 Å². The second-order valence-electron chi connectivity index (χ2n) is 4.82. The summed E-state index contributed by atoms with van der Waals surface area (Å²) in [5.41, 5.74) is 2.97. The number of rotatable bonds is 3. The van der Waals surface area contributed by atoms with Crippen LogP contribution in [-0.2, 0) is 4.74 Å². The molecule has 1 aliphatic rings. The zero-order valence-corrected chi connectivity index (χ0v) is 11.7. The minimum atomic E-state index is 0.108. The number of benzene rings is 1. The molecule has 1 fully saturated rings. The predicted molar refractivity (Wildman–Crippen MR) is 76.7 cm³/mol. The van der Waals surface area contributed by atoms with E-state index in [2.05, 4.69) is 12.2 Å². The summed E-state index contributed by atoms with van der Waals surface area (Å²) in [6, 6.07) is 5.85. The lowest BCUT2D eigenvalue weighted by molar-refractivity contribution is 0.0741. The molecule has 0 saturated carbocycles. The summed E-state index contributed by atoms with van der Waals surface area (Å²) >= 11 is 0. The lowest BCUT2D eigenvalue weighted by Crippen LogP contribution is -2.33. The van der Waals surface area contributed by atoms with E-state index < -0.39 is 0 Å². The van der Waals surface area contributed by atoms with Gasteiger partial charge in [-0.25, -0.2) is 0 Å². The van der Waals surface area contributed by atoms with Crippen LogP contribution in [0.2, 0.25) is 0 Å². The first kappa shape index (κ1) is 13.9. The molecule has 0 spiro atoms. The number of hydrogen-bond donors (Lipinski definition) is 1. The Hall–Kier alpha value is -1.55. The maximum atomic E-state index is 12.4. The van der Waals surface area contributed by atoms with E-state index in [-0.39, 0.29) is 5.91 Å². The van der Waals surface area contributed by atoms with E-state index in [4.69, 9.17) is 4.74 Å². The number of carbonyl (C=O) groups excluding carboxylic acids is 1. The fourth-order valence-corrected chi connectivity index (χ4v) is 2.32. The first-order chi connectivity index (χ1) is 9.22. The number of nitrogens with zero attached hydrogens (tertiary/aromatic N) is 1. The van der Waals surface area contributed by atoms with Gasteiger partial charge in [-0.05, 0) is 44.0 Å². The van der Waals surface area contributed by atoms with Gasteiger partial charge in [0.1, 0.15) is 0 Å². The predicted octanol–water partition coefficient (Wildman–Crippen LogP) is 2.29. The highest BCUT2D eigenvalue weighted by molar-refractivity contribution is 5.95. The molecule has 0 bridgehead atoms. The minimum absolute atomic E-state index is 0.108. The summed E-state index contributed by atoms with van der Waals surface area (Å²) in [5, 5.41) is 3.29. The van der Waals surface area contributed by atoms with Crippen molar-refractivity contribution in [1.29, 1.82) is 0 Å². The van der Waals surface area contributed by atoms with Crippen molar-refractivity contribution in [3.8, 4) is 0 Å². The maximum absolute atomic E-state index is 12.4. The van der Waals surface area contributed by atoms with Crippen LogP contribution in [0.15, 0.2) is 18.2 Å². The Morgan fingerprint density at radius 1 is 1.37 bits per heavy atom. The summed E-state index contributed by atoms with van der Waals surface area (Å²) in [6.45, 7) is 7.84. The van der Waals surface area contributed by atoms with Gasteiger partial charge in [0.05, 0.1) is 6.61 Å². The van der Waals surface area contributed by atoms with E-state index in [9.17, 15) is 4.79 Å². The molecule has 1 saturated heterocycles. The fraction of sp³-hybridized carbons (Fsp3) is 0.533. The van der Waals surface area contributed by atoms with Gasteiger partial charge in [0.15, 0.2) is 0 Å². The van der Waals surface area contributed by atoms with Crippen LogP contribution in [0, 0.1) is 6.92 Å². The topological polar surface area (TPSA) is 41.6 Å². The molecule has 1 amide bonds. The van der Waals surface area contributed by atoms with Gasteiger partial charge in [0.2, 0.25) is 0 Å². The third-order valence-corrected chi connectivity index (χ3v) is 3.35. The van der Waals surface area contributed by atoms with Gasteiger partial charge in [-0.3, -0.25) is 4.79 Å². The Bertz CT molecular complexity index is 438. The molecule has 1 N–H and O–H groups in total. The highest BCUT2D eigenvalue weighted by Gasteiger charge is 2.17. The van der Waals surface area contributed by atoms with Gasteiger partial charge in [0.25, 0.3) is 5.91 Å². The summed E-state index contributed by atoms with van der Waals surface area (Å²) in [7, 11) is 0. The van der Waals surface area contributed by atoms with Crippen molar-refractivity contribution in [2.75, 3.05) is 38.2 Å². The monoisotopic (exact) mass is 262 g/mol. The zero-order chi connectivity index (χ0) is 13.7. The van der Waals surface area contributed by atoms with Gasteiger partial charge in [-0.2, -0.15) is 0 Å². The molecular formula is C15H22N2O2. The molecule has 0 aromatic heterocycles. The molecule has 0 atom stereocenters. The zero-order valence-electron chi connectivity index (χ0n) is 11.7. The average molecular weight is 262 g/mol. The van der Waals surface area contributed by atoms with Crippen molar-refractivity contribution in [2.45, 2.75) is 20.3 Å². The summed E-state index contributed by atoms with van der Waals surface area (Å²) in [4.78, 5) is 14.3. The summed E-state index contributed by atoms with van der Waals surface area (Å²) < 4.78 is 5.38. The average Bonchev–Trinajstić information content (AvgIpc) is 2.69. The number of anilines is 1. The largest absolute Gasteiger partial charge is 0.385 e. The molecule has 1 aliphatic heterocycles. The Labute approximate surface area is 114 Å². The molecule has 0 radical (unpaired) electrons. The van der Waals surface area contributed by atoms with E-state index >= 15 is 0 Å². The van der Waals surface area contributed by atoms with Crippen LogP contribution in [0.5, 0.6) is 0 Å². The van der Waals surface area contributed by atoms with E-state index in [1.165, 1.54) is 0 Å². The van der Waals surface area contributed by atoms with Crippen molar-refractivity contribution >= 4 is 11.6 Å². The third-order valence-electron chi connectivity index (χ3n) is 3.35. The normalized spacial score (nSPS) is 16.0. The van der Waals surface area contributed by atoms with E-state index in [0.29, 0.717) is 13.2 Å². The third kappa shape index (κ3) is 3.47. The number of carbonyl (C=O) groups is 1. The van der Waals surface area contributed by atoms with Crippen LogP contribution in [0.3, 0.4) is 0 Å². The second-order valence-corrected chi connectivity index (χ2v) is 4.82. The lowest BCUT2D eigenvalue weighted by atomic mass is 10.1. The molecule has 19 heavy (non-hydrogen) atoms. The van der Waals surface area contributed by atoms with Crippen LogP contribution in [0.4, 0.5) is 5.69 Å². The Morgan fingerprint density at radius 3 is 2.95 bits per heavy atom. The highest BCUT2D eigenvalue weighted by atomic mass is 16.5. The number of nitrogens with one attached hydrogen (secondary N) is 1. The van der Waals surface area contributed by atoms with Crippen LogP contribution in [0.25, 0.3) is 0 Å². The number of aryl methyl sites for hydroxylation is 1. The SMILES string of the molecule is CCNc1ccc(C(=O)N2CCCOCC2)cc1C. The molecular weight excluding hydrogens is 240 g/mol. The van der Waals surface area contributed by atoms with Crippen molar-refractivity contribution in [3.63, 3.8) is 0 Å². The molecule has 2 rings (SSSR count). The van der Waals surface area contributed by atoms with Crippen LogP contribution in [0.1, 0.15) is 29.3 Å². The Balaban J connectivity index is 2.12. The van der Waals surface area contributed by atoms with Crippen LogP contribution in [-0.4, -0.2) is 43.7 Å². The first-order valence-electron chi connectivity index (χ1n) is 6.94. The van der Waals surface area contributed by atoms with Crippen molar-refractivity contribution in [3.05, 3.63) is 29.3 Å². The van der Waals surface area contributed by atoms with Gasteiger partial charge in [-0.15, -0.1) is 0 Å². The molecule has 104 valence electrons. The standard InChI is InChI=1S/C15H22N2O2/c1-3-16-14-6-5-13(11-12(14)2)15(18)17-7-4-9-19-10-8-17/h5-6,11,16H,3-4,7-10H2,1-2H3. The van der Waals surface area contributed by atoms with Gasteiger partial charge >= 0.3 is 0 Å². The second kappa shape index (κ2) is 6.57.